The fourth-order valence-corrected chi connectivity index (χ4v) is 2.45. The van der Waals surface area contributed by atoms with Crippen LogP contribution < -0.4 is 10.5 Å². The summed E-state index contributed by atoms with van der Waals surface area (Å²) in [5.41, 5.74) is 8.79. The molecular weight excluding hydrogens is 251 g/mol. The van der Waals surface area contributed by atoms with E-state index in [0.29, 0.717) is 17.9 Å². The lowest BCUT2D eigenvalue weighted by Gasteiger charge is -2.10. The van der Waals surface area contributed by atoms with Crippen molar-refractivity contribution in [2.45, 2.75) is 19.9 Å². The smallest absolute Gasteiger partial charge is 0.131 e. The molecule has 1 aromatic carbocycles. The highest BCUT2D eigenvalue weighted by molar-refractivity contribution is 7.09. The number of aryl methyl sites for hydroxylation is 1. The van der Waals surface area contributed by atoms with E-state index in [9.17, 15) is 4.39 Å². The van der Waals surface area contributed by atoms with E-state index in [1.165, 1.54) is 10.9 Å². The molecule has 96 valence electrons. The maximum Gasteiger partial charge on any atom is 0.131 e. The number of thiazole rings is 1. The second-order valence-corrected chi connectivity index (χ2v) is 4.82. The van der Waals surface area contributed by atoms with Gasteiger partial charge in [0.05, 0.1) is 17.8 Å². The van der Waals surface area contributed by atoms with Crippen molar-refractivity contribution >= 4 is 11.3 Å². The Morgan fingerprint density at radius 1 is 1.44 bits per heavy atom. The summed E-state index contributed by atoms with van der Waals surface area (Å²) >= 11 is 1.61. The van der Waals surface area contributed by atoms with Crippen molar-refractivity contribution in [1.82, 2.24) is 4.98 Å². The molecule has 2 N–H and O–H groups in total. The van der Waals surface area contributed by atoms with Crippen molar-refractivity contribution in [2.24, 2.45) is 5.73 Å². The van der Waals surface area contributed by atoms with Gasteiger partial charge in [-0.25, -0.2) is 9.37 Å². The zero-order valence-electron chi connectivity index (χ0n) is 10.1. The van der Waals surface area contributed by atoms with Crippen LogP contribution >= 0.6 is 11.3 Å². The Labute approximate surface area is 109 Å². The minimum atomic E-state index is -0.316. The van der Waals surface area contributed by atoms with Crippen LogP contribution in [-0.4, -0.2) is 11.6 Å². The molecule has 0 spiro atoms. The van der Waals surface area contributed by atoms with Crippen LogP contribution in [-0.2, 0) is 13.0 Å². The normalized spacial score (nSPS) is 10.6. The quantitative estimate of drug-likeness (QED) is 0.905. The van der Waals surface area contributed by atoms with Crippen molar-refractivity contribution in [3.05, 3.63) is 45.7 Å². The Morgan fingerprint density at radius 2 is 2.28 bits per heavy atom. The number of hydrogen-bond acceptors (Lipinski definition) is 4. The molecule has 0 aliphatic rings. The van der Waals surface area contributed by atoms with Gasteiger partial charge in [0.15, 0.2) is 0 Å². The molecule has 0 saturated carbocycles. The third-order valence-corrected chi connectivity index (χ3v) is 3.71. The first-order valence-electron chi connectivity index (χ1n) is 5.71. The number of ether oxygens (including phenoxy) is 1. The Balaban J connectivity index is 1.98. The van der Waals surface area contributed by atoms with Crippen molar-refractivity contribution in [3.63, 3.8) is 0 Å². The van der Waals surface area contributed by atoms with Crippen LogP contribution in [0.2, 0.25) is 0 Å². The zero-order valence-corrected chi connectivity index (χ0v) is 11.0. The number of nitrogens with zero attached hydrogens (tertiary/aromatic N) is 1. The van der Waals surface area contributed by atoms with E-state index in [0.717, 1.165) is 12.1 Å². The third kappa shape index (κ3) is 2.86. The van der Waals surface area contributed by atoms with E-state index in [-0.39, 0.29) is 12.4 Å². The fraction of sp³-hybridized carbons (Fsp3) is 0.308. The van der Waals surface area contributed by atoms with E-state index in [2.05, 4.69) is 4.98 Å². The maximum absolute atomic E-state index is 13.4. The van der Waals surface area contributed by atoms with Crippen molar-refractivity contribution in [1.29, 1.82) is 0 Å². The molecular formula is C13H15FN2OS. The van der Waals surface area contributed by atoms with Gasteiger partial charge in [-0.3, -0.25) is 0 Å². The molecule has 0 bridgehead atoms. The molecule has 0 atom stereocenters. The second kappa shape index (κ2) is 5.93. The zero-order chi connectivity index (χ0) is 13.0. The van der Waals surface area contributed by atoms with E-state index in [1.54, 1.807) is 23.5 Å². The summed E-state index contributed by atoms with van der Waals surface area (Å²) in [6.45, 7) is 2.61. The largest absolute Gasteiger partial charge is 0.493 e. The van der Waals surface area contributed by atoms with Gasteiger partial charge in [0.25, 0.3) is 0 Å². The SMILES string of the molecule is Cc1ncsc1CCOc1cccc(F)c1CN. The number of hydrogen-bond donors (Lipinski definition) is 1. The van der Waals surface area contributed by atoms with E-state index < -0.39 is 0 Å². The Morgan fingerprint density at radius 3 is 2.94 bits per heavy atom. The van der Waals surface area contributed by atoms with Gasteiger partial charge in [0.1, 0.15) is 11.6 Å². The minimum Gasteiger partial charge on any atom is -0.493 e. The molecule has 2 aromatic rings. The number of nitrogens with two attached hydrogens (primary N) is 1. The average molecular weight is 266 g/mol. The van der Waals surface area contributed by atoms with Crippen LogP contribution in [0.4, 0.5) is 4.39 Å². The molecule has 0 amide bonds. The predicted molar refractivity (Wildman–Crippen MR) is 70.3 cm³/mol. The van der Waals surface area contributed by atoms with Crippen LogP contribution in [0.1, 0.15) is 16.1 Å². The highest BCUT2D eigenvalue weighted by atomic mass is 32.1. The number of aromatic nitrogens is 1. The summed E-state index contributed by atoms with van der Waals surface area (Å²) in [6.07, 6.45) is 0.775. The van der Waals surface area contributed by atoms with Gasteiger partial charge in [-0.2, -0.15) is 0 Å². The predicted octanol–water partition coefficient (Wildman–Crippen LogP) is 2.67. The topological polar surface area (TPSA) is 48.1 Å². The summed E-state index contributed by atoms with van der Waals surface area (Å²) in [5, 5.41) is 0. The lowest BCUT2D eigenvalue weighted by Crippen LogP contribution is -2.07. The van der Waals surface area contributed by atoms with Gasteiger partial charge in [-0.1, -0.05) is 6.07 Å². The lowest BCUT2D eigenvalue weighted by molar-refractivity contribution is 0.317. The van der Waals surface area contributed by atoms with Gasteiger partial charge in [-0.05, 0) is 19.1 Å². The number of halogens is 1. The van der Waals surface area contributed by atoms with Gasteiger partial charge >= 0.3 is 0 Å². The first-order valence-corrected chi connectivity index (χ1v) is 6.59. The monoisotopic (exact) mass is 266 g/mol. The first kappa shape index (κ1) is 13.0. The molecule has 0 aliphatic carbocycles. The standard InChI is InChI=1S/C13H15FN2OS/c1-9-13(18-8-16-9)5-6-17-12-4-2-3-11(14)10(12)7-15/h2-4,8H,5-7,15H2,1H3. The third-order valence-electron chi connectivity index (χ3n) is 2.71. The molecule has 0 saturated heterocycles. The van der Waals surface area contributed by atoms with Gasteiger partial charge in [0.2, 0.25) is 0 Å². The van der Waals surface area contributed by atoms with Gasteiger partial charge in [0, 0.05) is 23.4 Å². The van der Waals surface area contributed by atoms with Crippen LogP contribution in [0.25, 0.3) is 0 Å². The molecule has 1 heterocycles. The molecule has 5 heteroatoms. The van der Waals surface area contributed by atoms with E-state index in [1.807, 2.05) is 12.4 Å². The fourth-order valence-electron chi connectivity index (χ4n) is 1.69. The molecule has 1 aromatic heterocycles. The molecule has 0 radical (unpaired) electrons. The molecule has 0 unspecified atom stereocenters. The lowest BCUT2D eigenvalue weighted by atomic mass is 10.2. The highest BCUT2D eigenvalue weighted by Gasteiger charge is 2.08. The Hall–Kier alpha value is -1.46. The van der Waals surface area contributed by atoms with Gasteiger partial charge in [-0.15, -0.1) is 11.3 Å². The summed E-state index contributed by atoms with van der Waals surface area (Å²) in [4.78, 5) is 5.37. The summed E-state index contributed by atoms with van der Waals surface area (Å²) in [6, 6.07) is 4.76. The Kier molecular flexibility index (Phi) is 4.28. The average Bonchev–Trinajstić information content (AvgIpc) is 2.75. The van der Waals surface area contributed by atoms with Crippen molar-refractivity contribution in [3.8, 4) is 5.75 Å². The summed E-state index contributed by atoms with van der Waals surface area (Å²) in [7, 11) is 0. The maximum atomic E-state index is 13.4. The molecule has 18 heavy (non-hydrogen) atoms. The number of benzene rings is 1. The van der Waals surface area contributed by atoms with Gasteiger partial charge < -0.3 is 10.5 Å². The minimum absolute atomic E-state index is 0.140. The summed E-state index contributed by atoms with van der Waals surface area (Å²) < 4.78 is 19.0. The molecule has 0 aliphatic heterocycles. The van der Waals surface area contributed by atoms with E-state index >= 15 is 0 Å². The van der Waals surface area contributed by atoms with Crippen molar-refractivity contribution in [2.75, 3.05) is 6.61 Å². The van der Waals surface area contributed by atoms with Crippen LogP contribution in [0.15, 0.2) is 23.7 Å². The molecule has 0 fully saturated rings. The second-order valence-electron chi connectivity index (χ2n) is 3.88. The Bertz CT molecular complexity index is 527. The van der Waals surface area contributed by atoms with Crippen LogP contribution in [0.5, 0.6) is 5.75 Å². The van der Waals surface area contributed by atoms with Crippen LogP contribution in [0.3, 0.4) is 0 Å². The molecule has 3 nitrogen and oxygen atoms in total. The van der Waals surface area contributed by atoms with Crippen molar-refractivity contribution < 1.29 is 9.13 Å². The highest BCUT2D eigenvalue weighted by Crippen LogP contribution is 2.21. The van der Waals surface area contributed by atoms with Crippen LogP contribution in [0, 0.1) is 12.7 Å². The van der Waals surface area contributed by atoms with E-state index in [4.69, 9.17) is 10.5 Å². The number of rotatable bonds is 5. The molecule has 2 rings (SSSR count). The first-order chi connectivity index (χ1) is 8.72. The summed E-state index contributed by atoms with van der Waals surface area (Å²) in [5.74, 6) is 0.212.